The van der Waals surface area contributed by atoms with Gasteiger partial charge in [-0.05, 0) is 18.9 Å². The van der Waals surface area contributed by atoms with E-state index in [1.54, 1.807) is 11.9 Å². The molecule has 2 rings (SSSR count). The fourth-order valence-electron chi connectivity index (χ4n) is 2.37. The molecule has 0 aromatic carbocycles. The van der Waals surface area contributed by atoms with E-state index in [4.69, 9.17) is 11.6 Å². The van der Waals surface area contributed by atoms with E-state index in [1.165, 1.54) is 12.3 Å². The van der Waals surface area contributed by atoms with E-state index < -0.39 is 11.9 Å². The second kappa shape index (κ2) is 5.19. The number of rotatable bonds is 2. The van der Waals surface area contributed by atoms with Crippen LogP contribution >= 0.6 is 11.6 Å². The molecule has 1 heterocycles. The van der Waals surface area contributed by atoms with Crippen LogP contribution in [0.5, 0.6) is 0 Å². The molecule has 1 N–H and O–H groups in total. The molecule has 5 heteroatoms. The lowest BCUT2D eigenvalue weighted by Crippen LogP contribution is -2.44. The summed E-state index contributed by atoms with van der Waals surface area (Å²) in [5.41, 5.74) is 0. The summed E-state index contributed by atoms with van der Waals surface area (Å²) < 4.78 is 13.7. The third-order valence-electron chi connectivity index (χ3n) is 3.31. The highest BCUT2D eigenvalue weighted by molar-refractivity contribution is 6.30. The number of hydrogen-bond donors (Lipinski definition) is 1. The quantitative estimate of drug-likeness (QED) is 0.886. The van der Waals surface area contributed by atoms with E-state index in [1.807, 2.05) is 0 Å². The standard InChI is InChI=1S/C12H16ClFN2O/c1-16(10-4-2-3-5-11(10)17)12-9(14)6-8(13)7-15-12/h6-7,10-11,17H,2-5H2,1H3. The van der Waals surface area contributed by atoms with Crippen molar-refractivity contribution in [2.24, 2.45) is 0 Å². The lowest BCUT2D eigenvalue weighted by molar-refractivity contribution is 0.105. The number of halogens is 2. The van der Waals surface area contributed by atoms with Gasteiger partial charge >= 0.3 is 0 Å². The first-order valence-electron chi connectivity index (χ1n) is 5.81. The Bertz CT molecular complexity index is 402. The highest BCUT2D eigenvalue weighted by Crippen LogP contribution is 2.27. The molecule has 0 amide bonds. The molecule has 2 atom stereocenters. The van der Waals surface area contributed by atoms with Crippen molar-refractivity contribution in [1.82, 2.24) is 4.98 Å². The van der Waals surface area contributed by atoms with Gasteiger partial charge in [0.2, 0.25) is 0 Å². The van der Waals surface area contributed by atoms with Gasteiger partial charge in [0.25, 0.3) is 0 Å². The third kappa shape index (κ3) is 2.69. The number of pyridine rings is 1. The van der Waals surface area contributed by atoms with Crippen molar-refractivity contribution < 1.29 is 9.50 Å². The van der Waals surface area contributed by atoms with Crippen molar-refractivity contribution >= 4 is 17.4 Å². The van der Waals surface area contributed by atoms with Crippen molar-refractivity contribution in [1.29, 1.82) is 0 Å². The molecule has 3 nitrogen and oxygen atoms in total. The second-order valence-electron chi connectivity index (χ2n) is 4.49. The molecule has 0 spiro atoms. The smallest absolute Gasteiger partial charge is 0.167 e. The largest absolute Gasteiger partial charge is 0.391 e. The Kier molecular flexibility index (Phi) is 3.84. The summed E-state index contributed by atoms with van der Waals surface area (Å²) in [5.74, 6) is -0.196. The lowest BCUT2D eigenvalue weighted by atomic mass is 9.91. The minimum absolute atomic E-state index is 0.0630. The molecule has 1 saturated carbocycles. The molecule has 1 fully saturated rings. The van der Waals surface area contributed by atoms with Gasteiger partial charge in [0, 0.05) is 13.2 Å². The van der Waals surface area contributed by atoms with Crippen LogP contribution < -0.4 is 4.90 Å². The topological polar surface area (TPSA) is 36.4 Å². The molecule has 1 aromatic rings. The Balaban J connectivity index is 2.20. The van der Waals surface area contributed by atoms with E-state index in [9.17, 15) is 9.50 Å². The van der Waals surface area contributed by atoms with Gasteiger partial charge in [0.15, 0.2) is 11.6 Å². The molecule has 1 aliphatic rings. The Morgan fingerprint density at radius 3 is 2.82 bits per heavy atom. The van der Waals surface area contributed by atoms with E-state index in [-0.39, 0.29) is 16.9 Å². The fraction of sp³-hybridized carbons (Fsp3) is 0.583. The highest BCUT2D eigenvalue weighted by Gasteiger charge is 2.28. The van der Waals surface area contributed by atoms with Crippen LogP contribution in [0.15, 0.2) is 12.3 Å². The first-order valence-corrected chi connectivity index (χ1v) is 6.19. The zero-order valence-electron chi connectivity index (χ0n) is 9.74. The average Bonchev–Trinajstić information content (AvgIpc) is 2.29. The molecule has 2 unspecified atom stereocenters. The minimum Gasteiger partial charge on any atom is -0.391 e. The monoisotopic (exact) mass is 258 g/mol. The molecule has 0 aliphatic heterocycles. The summed E-state index contributed by atoms with van der Waals surface area (Å²) in [6.45, 7) is 0. The molecule has 94 valence electrons. The van der Waals surface area contributed by atoms with Crippen LogP contribution in [-0.2, 0) is 0 Å². The summed E-state index contributed by atoms with van der Waals surface area (Å²) in [7, 11) is 1.76. The fourth-order valence-corrected chi connectivity index (χ4v) is 2.51. The van der Waals surface area contributed by atoms with Gasteiger partial charge in [-0.25, -0.2) is 9.37 Å². The van der Waals surface area contributed by atoms with Gasteiger partial charge in [-0.3, -0.25) is 0 Å². The Morgan fingerprint density at radius 1 is 1.47 bits per heavy atom. The summed E-state index contributed by atoms with van der Waals surface area (Å²) in [6.07, 6.45) is 4.73. The Morgan fingerprint density at radius 2 is 2.18 bits per heavy atom. The molecular formula is C12H16ClFN2O. The van der Waals surface area contributed by atoms with Crippen molar-refractivity contribution in [3.8, 4) is 0 Å². The van der Waals surface area contributed by atoms with E-state index >= 15 is 0 Å². The predicted octanol–water partition coefficient (Wildman–Crippen LogP) is 2.61. The first-order chi connectivity index (χ1) is 8.09. The van der Waals surface area contributed by atoms with Crippen LogP contribution in [-0.4, -0.2) is 29.3 Å². The number of aliphatic hydroxyl groups excluding tert-OH is 1. The van der Waals surface area contributed by atoms with E-state index in [0.29, 0.717) is 0 Å². The summed E-state index contributed by atoms with van der Waals surface area (Å²) in [6, 6.07) is 1.18. The van der Waals surface area contributed by atoms with Crippen molar-refractivity contribution in [2.75, 3.05) is 11.9 Å². The summed E-state index contributed by atoms with van der Waals surface area (Å²) in [5, 5.41) is 10.2. The Hall–Kier alpha value is -0.870. The van der Waals surface area contributed by atoms with Crippen LogP contribution in [0.2, 0.25) is 5.02 Å². The van der Waals surface area contributed by atoms with Crippen molar-refractivity contribution in [3.05, 3.63) is 23.1 Å². The average molecular weight is 259 g/mol. The molecule has 1 aliphatic carbocycles. The SMILES string of the molecule is CN(c1ncc(Cl)cc1F)C1CCCCC1O. The van der Waals surface area contributed by atoms with Crippen molar-refractivity contribution in [3.63, 3.8) is 0 Å². The van der Waals surface area contributed by atoms with Gasteiger partial charge in [-0.15, -0.1) is 0 Å². The number of likely N-dealkylation sites (N-methyl/N-ethyl adjacent to an activating group) is 1. The van der Waals surface area contributed by atoms with Gasteiger partial charge in [-0.2, -0.15) is 0 Å². The van der Waals surface area contributed by atoms with Crippen LogP contribution in [0, 0.1) is 5.82 Å². The number of hydrogen-bond acceptors (Lipinski definition) is 3. The minimum atomic E-state index is -0.447. The second-order valence-corrected chi connectivity index (χ2v) is 4.93. The lowest BCUT2D eigenvalue weighted by Gasteiger charge is -2.35. The first kappa shape index (κ1) is 12.6. The number of nitrogens with zero attached hydrogens (tertiary/aromatic N) is 2. The maximum Gasteiger partial charge on any atom is 0.167 e. The maximum absolute atomic E-state index is 13.7. The predicted molar refractivity (Wildman–Crippen MR) is 65.9 cm³/mol. The zero-order valence-corrected chi connectivity index (χ0v) is 10.5. The summed E-state index contributed by atoms with van der Waals surface area (Å²) in [4.78, 5) is 5.71. The number of aromatic nitrogens is 1. The summed E-state index contributed by atoms with van der Waals surface area (Å²) >= 11 is 5.67. The maximum atomic E-state index is 13.7. The van der Waals surface area contributed by atoms with Gasteiger partial charge in [0.05, 0.1) is 17.2 Å². The Labute approximate surface area is 105 Å². The molecule has 17 heavy (non-hydrogen) atoms. The third-order valence-corrected chi connectivity index (χ3v) is 3.52. The number of anilines is 1. The van der Waals surface area contributed by atoms with Crippen molar-refractivity contribution in [2.45, 2.75) is 37.8 Å². The van der Waals surface area contributed by atoms with E-state index in [2.05, 4.69) is 4.98 Å². The van der Waals surface area contributed by atoms with Crippen LogP contribution in [0.25, 0.3) is 0 Å². The van der Waals surface area contributed by atoms with Gasteiger partial charge in [-0.1, -0.05) is 24.4 Å². The highest BCUT2D eigenvalue weighted by atomic mass is 35.5. The molecular weight excluding hydrogens is 243 g/mol. The van der Waals surface area contributed by atoms with Crippen LogP contribution in [0.3, 0.4) is 0 Å². The molecule has 1 aromatic heterocycles. The molecule has 0 saturated heterocycles. The van der Waals surface area contributed by atoms with Gasteiger partial charge in [0.1, 0.15) is 0 Å². The number of aliphatic hydroxyl groups is 1. The zero-order chi connectivity index (χ0) is 12.4. The molecule has 0 bridgehead atoms. The molecule has 0 radical (unpaired) electrons. The van der Waals surface area contributed by atoms with E-state index in [0.717, 1.165) is 25.7 Å². The van der Waals surface area contributed by atoms with Gasteiger partial charge < -0.3 is 10.0 Å². The normalized spacial score (nSPS) is 24.7. The van der Waals surface area contributed by atoms with Crippen LogP contribution in [0.4, 0.5) is 10.2 Å². The van der Waals surface area contributed by atoms with Crippen LogP contribution in [0.1, 0.15) is 25.7 Å².